The smallest absolute Gasteiger partial charge is 0.127 e. The minimum Gasteiger partial charge on any atom is -0.457 e. The van der Waals surface area contributed by atoms with Gasteiger partial charge in [-0.2, -0.15) is 0 Å². The predicted octanol–water partition coefficient (Wildman–Crippen LogP) is 3.48. The number of hydrogen-bond donors (Lipinski definition) is 1. The number of ether oxygens (including phenoxy) is 1. The predicted molar refractivity (Wildman–Crippen MR) is 69.1 cm³/mol. The molecule has 0 aromatic heterocycles. The maximum absolute atomic E-state index is 8.67. The van der Waals surface area contributed by atoms with E-state index in [1.165, 1.54) is 0 Å². The van der Waals surface area contributed by atoms with E-state index in [-0.39, 0.29) is 6.61 Å². The third-order valence-corrected chi connectivity index (χ3v) is 2.27. The summed E-state index contributed by atoms with van der Waals surface area (Å²) in [5, 5.41) is 8.67. The van der Waals surface area contributed by atoms with Crippen LogP contribution < -0.4 is 4.74 Å². The minimum absolute atomic E-state index is 0.0578. The molecule has 2 nitrogen and oxygen atoms in total. The fourth-order valence-corrected chi connectivity index (χ4v) is 1.46. The van der Waals surface area contributed by atoms with Crippen LogP contribution in [-0.4, -0.2) is 11.7 Å². The molecule has 2 rings (SSSR count). The molecule has 0 bridgehead atoms. The van der Waals surface area contributed by atoms with Crippen LogP contribution >= 0.6 is 0 Å². The Kier molecular flexibility index (Phi) is 3.95. The molecule has 0 aliphatic rings. The van der Waals surface area contributed by atoms with Crippen LogP contribution in [0, 0.1) is 0 Å². The second kappa shape index (κ2) is 5.87. The lowest BCUT2D eigenvalue weighted by Gasteiger charge is -2.05. The van der Waals surface area contributed by atoms with E-state index in [9.17, 15) is 0 Å². The maximum Gasteiger partial charge on any atom is 0.127 e. The Balaban J connectivity index is 2.06. The topological polar surface area (TPSA) is 29.5 Å². The van der Waals surface area contributed by atoms with Crippen LogP contribution in [0.25, 0.3) is 6.08 Å². The molecule has 0 radical (unpaired) electrons. The molecule has 0 aliphatic carbocycles. The van der Waals surface area contributed by atoms with Gasteiger partial charge in [-0.1, -0.05) is 42.5 Å². The Labute approximate surface area is 101 Å². The van der Waals surface area contributed by atoms with Crippen molar-refractivity contribution in [1.29, 1.82) is 0 Å². The van der Waals surface area contributed by atoms with Gasteiger partial charge in [0, 0.05) is 0 Å². The molecule has 0 saturated carbocycles. The molecular weight excluding hydrogens is 212 g/mol. The number of para-hydroxylation sites is 1. The lowest BCUT2D eigenvalue weighted by molar-refractivity contribution is 0.343. The molecule has 0 aliphatic heterocycles. The van der Waals surface area contributed by atoms with Crippen LogP contribution in [0.2, 0.25) is 0 Å². The number of aliphatic hydroxyl groups is 1. The first-order valence-corrected chi connectivity index (χ1v) is 5.49. The summed E-state index contributed by atoms with van der Waals surface area (Å²) in [6.45, 7) is 0.0578. The van der Waals surface area contributed by atoms with Gasteiger partial charge in [0.2, 0.25) is 0 Å². The van der Waals surface area contributed by atoms with Crippen molar-refractivity contribution in [2.45, 2.75) is 0 Å². The number of aliphatic hydroxyl groups excluding tert-OH is 1. The van der Waals surface area contributed by atoms with Crippen molar-refractivity contribution in [3.8, 4) is 11.5 Å². The molecule has 1 N–H and O–H groups in total. The Hall–Kier alpha value is -2.06. The molecule has 0 amide bonds. The zero-order valence-corrected chi connectivity index (χ0v) is 9.41. The fourth-order valence-electron chi connectivity index (χ4n) is 1.46. The van der Waals surface area contributed by atoms with Gasteiger partial charge in [0.25, 0.3) is 0 Å². The van der Waals surface area contributed by atoms with Gasteiger partial charge in [-0.15, -0.1) is 0 Å². The molecule has 2 heteroatoms. The third kappa shape index (κ3) is 3.47. The van der Waals surface area contributed by atoms with Crippen molar-refractivity contribution < 1.29 is 9.84 Å². The van der Waals surface area contributed by atoms with Gasteiger partial charge >= 0.3 is 0 Å². The van der Waals surface area contributed by atoms with E-state index in [2.05, 4.69) is 0 Å². The van der Waals surface area contributed by atoms with Crippen LogP contribution in [0.15, 0.2) is 60.7 Å². The van der Waals surface area contributed by atoms with Gasteiger partial charge in [-0.25, -0.2) is 0 Å². The first-order valence-electron chi connectivity index (χ1n) is 5.49. The second-order valence-electron chi connectivity index (χ2n) is 3.57. The van der Waals surface area contributed by atoms with Gasteiger partial charge in [0.1, 0.15) is 11.5 Å². The standard InChI is InChI=1S/C15H14O2/c16-12-4-5-13-8-10-15(11-9-13)17-14-6-2-1-3-7-14/h1-11,16H,12H2. The first-order chi connectivity index (χ1) is 8.38. The summed E-state index contributed by atoms with van der Waals surface area (Å²) in [6, 6.07) is 17.4. The van der Waals surface area contributed by atoms with E-state index < -0.39 is 0 Å². The number of rotatable bonds is 4. The summed E-state index contributed by atoms with van der Waals surface area (Å²) in [5.74, 6) is 1.63. The molecule has 0 fully saturated rings. The van der Waals surface area contributed by atoms with Gasteiger partial charge in [0.15, 0.2) is 0 Å². The Bertz CT molecular complexity index is 472. The molecule has 2 aromatic carbocycles. The summed E-state index contributed by atoms with van der Waals surface area (Å²) in [5.41, 5.74) is 1.04. The molecular formula is C15H14O2. The monoisotopic (exact) mass is 226 g/mol. The van der Waals surface area contributed by atoms with Crippen molar-refractivity contribution in [3.05, 3.63) is 66.2 Å². The molecule has 17 heavy (non-hydrogen) atoms. The van der Waals surface area contributed by atoms with Crippen LogP contribution in [0.5, 0.6) is 11.5 Å². The Morgan fingerprint density at radius 1 is 0.882 bits per heavy atom. The van der Waals surface area contributed by atoms with Crippen LogP contribution in [0.3, 0.4) is 0 Å². The summed E-state index contributed by atoms with van der Waals surface area (Å²) in [4.78, 5) is 0. The van der Waals surface area contributed by atoms with Crippen LogP contribution in [0.4, 0.5) is 0 Å². The molecule has 0 unspecified atom stereocenters. The van der Waals surface area contributed by atoms with E-state index in [0.717, 1.165) is 17.1 Å². The van der Waals surface area contributed by atoms with Gasteiger partial charge < -0.3 is 9.84 Å². The second-order valence-corrected chi connectivity index (χ2v) is 3.57. The molecule has 86 valence electrons. The van der Waals surface area contributed by atoms with Crippen molar-refractivity contribution in [2.75, 3.05) is 6.61 Å². The molecule has 0 heterocycles. The average molecular weight is 226 g/mol. The quantitative estimate of drug-likeness (QED) is 0.864. The largest absolute Gasteiger partial charge is 0.457 e. The minimum atomic E-state index is 0.0578. The summed E-state index contributed by atoms with van der Waals surface area (Å²) < 4.78 is 5.66. The first kappa shape index (κ1) is 11.4. The van der Waals surface area contributed by atoms with Crippen LogP contribution in [0.1, 0.15) is 5.56 Å². The summed E-state index contributed by atoms with van der Waals surface area (Å²) in [6.07, 6.45) is 3.57. The fraction of sp³-hybridized carbons (Fsp3) is 0.0667. The van der Waals surface area contributed by atoms with E-state index >= 15 is 0 Å². The zero-order valence-electron chi connectivity index (χ0n) is 9.41. The van der Waals surface area contributed by atoms with Crippen molar-refractivity contribution in [3.63, 3.8) is 0 Å². The van der Waals surface area contributed by atoms with Crippen molar-refractivity contribution in [2.24, 2.45) is 0 Å². The van der Waals surface area contributed by atoms with Gasteiger partial charge in [0.05, 0.1) is 6.61 Å². The van der Waals surface area contributed by atoms with E-state index in [4.69, 9.17) is 9.84 Å². The van der Waals surface area contributed by atoms with E-state index in [1.54, 1.807) is 6.08 Å². The highest BCUT2D eigenvalue weighted by atomic mass is 16.5. The average Bonchev–Trinajstić information content (AvgIpc) is 2.39. The lowest BCUT2D eigenvalue weighted by Crippen LogP contribution is -1.83. The third-order valence-electron chi connectivity index (χ3n) is 2.27. The SMILES string of the molecule is OCC=Cc1ccc(Oc2ccccc2)cc1. The highest BCUT2D eigenvalue weighted by molar-refractivity contribution is 5.50. The molecule has 0 saturated heterocycles. The highest BCUT2D eigenvalue weighted by Gasteiger charge is 1.95. The van der Waals surface area contributed by atoms with E-state index in [1.807, 2.05) is 60.7 Å². The molecule has 0 atom stereocenters. The number of benzene rings is 2. The van der Waals surface area contributed by atoms with Gasteiger partial charge in [-0.3, -0.25) is 0 Å². The highest BCUT2D eigenvalue weighted by Crippen LogP contribution is 2.21. The van der Waals surface area contributed by atoms with Crippen LogP contribution in [-0.2, 0) is 0 Å². The van der Waals surface area contributed by atoms with Crippen molar-refractivity contribution in [1.82, 2.24) is 0 Å². The van der Waals surface area contributed by atoms with E-state index in [0.29, 0.717) is 0 Å². The number of hydrogen-bond acceptors (Lipinski definition) is 2. The normalized spacial score (nSPS) is 10.6. The Morgan fingerprint density at radius 3 is 2.18 bits per heavy atom. The van der Waals surface area contributed by atoms with Crippen molar-refractivity contribution >= 4 is 6.08 Å². The Morgan fingerprint density at radius 2 is 1.53 bits per heavy atom. The lowest BCUT2D eigenvalue weighted by atomic mass is 10.2. The molecule has 0 spiro atoms. The zero-order chi connectivity index (χ0) is 11.9. The maximum atomic E-state index is 8.67. The summed E-state index contributed by atoms with van der Waals surface area (Å²) in [7, 11) is 0. The molecule has 2 aromatic rings. The van der Waals surface area contributed by atoms with Gasteiger partial charge in [-0.05, 0) is 29.8 Å². The summed E-state index contributed by atoms with van der Waals surface area (Å²) >= 11 is 0.